The molecule has 0 saturated heterocycles. The molecule has 0 spiro atoms. The van der Waals surface area contributed by atoms with Gasteiger partial charge in [-0.3, -0.25) is 9.05 Å². The van der Waals surface area contributed by atoms with Gasteiger partial charge in [-0.05, 0) is 20.3 Å². The molecule has 1 unspecified atom stereocenters. The summed E-state index contributed by atoms with van der Waals surface area (Å²) in [6, 6.07) is 0. The second-order valence-electron chi connectivity index (χ2n) is 4.49. The molecule has 0 N–H and O–H groups in total. The zero-order chi connectivity index (χ0) is 13.3. The second kappa shape index (κ2) is 11.5. The van der Waals surface area contributed by atoms with Crippen LogP contribution in [0.4, 0.5) is 0 Å². The summed E-state index contributed by atoms with van der Waals surface area (Å²) in [5.41, 5.74) is 0. The molecule has 0 aliphatic heterocycles. The van der Waals surface area contributed by atoms with Gasteiger partial charge in [0, 0.05) is 0 Å². The maximum atomic E-state index is 12.2. The van der Waals surface area contributed by atoms with Crippen LogP contribution in [-0.4, -0.2) is 12.7 Å². The third-order valence-corrected chi connectivity index (χ3v) is 3.65. The summed E-state index contributed by atoms with van der Waals surface area (Å²) in [6.45, 7) is 9.64. The van der Waals surface area contributed by atoms with E-state index in [1.807, 2.05) is 0 Å². The Kier molecular flexibility index (Phi) is 13.5. The first-order chi connectivity index (χ1) is 7.89. The predicted octanol–water partition coefficient (Wildman–Crippen LogP) is 1.71. The van der Waals surface area contributed by atoms with Crippen LogP contribution in [0, 0.1) is 6.10 Å². The van der Waals surface area contributed by atoms with E-state index in [0.29, 0.717) is 12.7 Å². The van der Waals surface area contributed by atoms with Crippen LogP contribution < -0.4 is 18.9 Å². The number of phosphoric acid groups is 1. The Morgan fingerprint density at radius 1 is 1.17 bits per heavy atom. The van der Waals surface area contributed by atoms with E-state index in [2.05, 4.69) is 6.92 Å². The Balaban J connectivity index is 0. The van der Waals surface area contributed by atoms with Crippen molar-refractivity contribution in [1.82, 2.24) is 0 Å². The number of hydrogen-bond acceptors (Lipinski definition) is 4. The van der Waals surface area contributed by atoms with E-state index in [9.17, 15) is 4.57 Å². The molecule has 104 valence electrons. The summed E-state index contributed by atoms with van der Waals surface area (Å²) >= 11 is 0. The summed E-state index contributed by atoms with van der Waals surface area (Å²) in [5, 5.41) is 0. The van der Waals surface area contributed by atoms with Crippen molar-refractivity contribution in [2.24, 2.45) is 0 Å². The minimum absolute atomic E-state index is 0. The minimum Gasteiger partial charge on any atom is -0.461 e. The van der Waals surface area contributed by atoms with Crippen LogP contribution in [0.25, 0.3) is 0 Å². The standard InChI is InChI=1S/C12H26O4P.Li/c1-6-7-8-9-10-14-17(13,15-11(2)3)16-12(4)5;/h11H,6-10H2,1-5H3;/q-1;+1. The van der Waals surface area contributed by atoms with Gasteiger partial charge in [0.05, 0.1) is 12.7 Å². The van der Waals surface area contributed by atoms with Crippen molar-refractivity contribution in [3.63, 3.8) is 0 Å². The molecule has 0 amide bonds. The fraction of sp³-hybridized carbons (Fsp3) is 0.917. The number of phosphoric ester groups is 1. The normalized spacial score (nSPS) is 14.6. The second-order valence-corrected chi connectivity index (χ2v) is 6.04. The van der Waals surface area contributed by atoms with Gasteiger partial charge in [-0.1, -0.05) is 26.2 Å². The van der Waals surface area contributed by atoms with Crippen LogP contribution in [0.15, 0.2) is 0 Å². The average Bonchev–Trinajstić information content (AvgIpc) is 2.14. The fourth-order valence-electron chi connectivity index (χ4n) is 1.27. The van der Waals surface area contributed by atoms with Gasteiger partial charge in [-0.25, -0.2) is 4.57 Å². The van der Waals surface area contributed by atoms with Gasteiger partial charge in [0.1, 0.15) is 0 Å². The van der Waals surface area contributed by atoms with E-state index < -0.39 is 7.82 Å². The molecule has 0 heterocycles. The first-order valence-electron chi connectivity index (χ1n) is 6.32. The number of rotatable bonds is 10. The first kappa shape index (κ1) is 21.0. The first-order valence-corrected chi connectivity index (χ1v) is 7.78. The predicted molar refractivity (Wildman–Crippen MR) is 69.6 cm³/mol. The zero-order valence-corrected chi connectivity index (χ0v) is 13.6. The molecule has 0 fully saturated rings. The van der Waals surface area contributed by atoms with Crippen molar-refractivity contribution < 1.29 is 37.0 Å². The Hall–Kier alpha value is 0.707. The molecule has 0 aromatic carbocycles. The Bertz CT molecular complexity index is 220. The van der Waals surface area contributed by atoms with Crippen LogP contribution >= 0.6 is 7.82 Å². The van der Waals surface area contributed by atoms with Gasteiger partial charge in [0.15, 0.2) is 0 Å². The summed E-state index contributed by atoms with van der Waals surface area (Å²) in [7, 11) is -3.42. The fourth-order valence-corrected chi connectivity index (χ4v) is 2.74. The van der Waals surface area contributed by atoms with E-state index in [4.69, 9.17) is 13.6 Å². The molecule has 0 aromatic heterocycles. The summed E-state index contributed by atoms with van der Waals surface area (Å²) in [6.07, 6.45) is 4.69. The minimum atomic E-state index is -3.42. The molecule has 1 atom stereocenters. The third kappa shape index (κ3) is 11.8. The molecule has 6 heteroatoms. The van der Waals surface area contributed by atoms with Gasteiger partial charge in [-0.15, -0.1) is 0 Å². The Morgan fingerprint density at radius 2 is 1.78 bits per heavy atom. The average molecular weight is 272 g/mol. The van der Waals surface area contributed by atoms with E-state index >= 15 is 0 Å². The summed E-state index contributed by atoms with van der Waals surface area (Å²) in [5.74, 6) is 0. The molecule has 0 aliphatic rings. The van der Waals surface area contributed by atoms with Crippen molar-refractivity contribution >= 4 is 7.82 Å². The molecular weight excluding hydrogens is 246 g/mol. The number of unbranched alkanes of at least 4 members (excludes halogenated alkanes) is 3. The molecular formula is C12H26LiO4P. The topological polar surface area (TPSA) is 44.8 Å². The molecule has 0 aliphatic carbocycles. The molecule has 0 saturated carbocycles. The van der Waals surface area contributed by atoms with Crippen molar-refractivity contribution in [3.05, 3.63) is 6.10 Å². The van der Waals surface area contributed by atoms with Crippen molar-refractivity contribution in [3.8, 4) is 0 Å². The SMILES string of the molecule is CCCCCCOP(=O)(O[C-](C)C)OC(C)C.[Li+]. The van der Waals surface area contributed by atoms with E-state index in [1.165, 1.54) is 12.8 Å². The van der Waals surface area contributed by atoms with Crippen LogP contribution in [0.5, 0.6) is 0 Å². The van der Waals surface area contributed by atoms with Gasteiger partial charge in [0.2, 0.25) is 0 Å². The molecule has 4 nitrogen and oxygen atoms in total. The maximum absolute atomic E-state index is 12.2. The summed E-state index contributed by atoms with van der Waals surface area (Å²) in [4.78, 5) is 0. The van der Waals surface area contributed by atoms with Crippen molar-refractivity contribution in [1.29, 1.82) is 0 Å². The van der Waals surface area contributed by atoms with Gasteiger partial charge in [-0.2, -0.15) is 20.0 Å². The van der Waals surface area contributed by atoms with Gasteiger partial charge < -0.3 is 4.52 Å². The smallest absolute Gasteiger partial charge is 0.461 e. The van der Waals surface area contributed by atoms with E-state index in [1.54, 1.807) is 27.7 Å². The zero-order valence-electron chi connectivity index (χ0n) is 12.7. The van der Waals surface area contributed by atoms with Gasteiger partial charge >= 0.3 is 26.7 Å². The monoisotopic (exact) mass is 272 g/mol. The van der Waals surface area contributed by atoms with E-state index in [0.717, 1.165) is 12.8 Å². The quantitative estimate of drug-likeness (QED) is 0.263. The van der Waals surface area contributed by atoms with Crippen molar-refractivity contribution in [2.75, 3.05) is 6.61 Å². The van der Waals surface area contributed by atoms with Gasteiger partial charge in [0.25, 0.3) is 0 Å². The molecule has 0 radical (unpaired) electrons. The van der Waals surface area contributed by atoms with Crippen LogP contribution in [0.3, 0.4) is 0 Å². The van der Waals surface area contributed by atoms with Crippen molar-refractivity contribution in [2.45, 2.75) is 66.4 Å². The van der Waals surface area contributed by atoms with Crippen LogP contribution in [0.1, 0.15) is 60.3 Å². The van der Waals surface area contributed by atoms with Crippen LogP contribution in [-0.2, 0) is 18.1 Å². The third-order valence-electron chi connectivity index (χ3n) is 1.88. The molecule has 0 aromatic rings. The Morgan fingerprint density at radius 3 is 2.22 bits per heavy atom. The molecule has 18 heavy (non-hydrogen) atoms. The van der Waals surface area contributed by atoms with Crippen LogP contribution in [0.2, 0.25) is 0 Å². The molecule has 0 bridgehead atoms. The summed E-state index contributed by atoms with van der Waals surface area (Å²) < 4.78 is 27.9. The largest absolute Gasteiger partial charge is 1.00 e. The maximum Gasteiger partial charge on any atom is 1.00 e. The molecule has 0 rings (SSSR count). The Labute approximate surface area is 124 Å². The number of hydrogen-bond donors (Lipinski definition) is 0. The van der Waals surface area contributed by atoms with E-state index in [-0.39, 0.29) is 25.0 Å².